The van der Waals surface area contributed by atoms with E-state index in [-0.39, 0.29) is 63.1 Å². The molecule has 4 fully saturated rings. The molecule has 0 radical (unpaired) electrons. The van der Waals surface area contributed by atoms with Crippen LogP contribution in [0.4, 0.5) is 0 Å². The number of carbonyl (C=O) groups is 8. The quantitative estimate of drug-likeness (QED) is 0.285. The molecule has 1 aliphatic carbocycles. The maximum Gasteiger partial charge on any atom is 0.321 e. The smallest absolute Gasteiger partial charge is 0.321 e. The number of nitrogens with two attached hydrogens (primary N) is 1. The van der Waals surface area contributed by atoms with E-state index in [2.05, 4.69) is 5.32 Å². The summed E-state index contributed by atoms with van der Waals surface area (Å²) in [5.74, 6) is -4.53. The number of amides is 6. The first-order valence-electron chi connectivity index (χ1n) is 16.0. The van der Waals surface area contributed by atoms with Gasteiger partial charge >= 0.3 is 11.9 Å². The van der Waals surface area contributed by atoms with Crippen LogP contribution in [-0.2, 0) is 38.4 Å². The van der Waals surface area contributed by atoms with Crippen molar-refractivity contribution in [3.05, 3.63) is 0 Å². The van der Waals surface area contributed by atoms with Crippen LogP contribution in [-0.4, -0.2) is 112 Å². The molecule has 4 atom stereocenters. The van der Waals surface area contributed by atoms with E-state index in [0.29, 0.717) is 19.5 Å². The van der Waals surface area contributed by atoms with Crippen LogP contribution in [0.15, 0.2) is 0 Å². The average Bonchev–Trinajstić information content (AvgIpc) is 3.42. The molecule has 276 valence electrons. The van der Waals surface area contributed by atoms with E-state index in [1.54, 1.807) is 18.7 Å². The number of nitrogens with one attached hydrogen (secondary N) is 1. The molecular formula is C33H59N5O10. The second kappa shape index (κ2) is 23.4. The van der Waals surface area contributed by atoms with Gasteiger partial charge in [0.2, 0.25) is 35.4 Å². The van der Waals surface area contributed by atoms with Gasteiger partial charge < -0.3 is 26.2 Å². The standard InChI is InChI=1S/C15H23N3O4.C6H9NO2.C6H12.C4H7NO4.2CH4/c1-10-8-13(20)18(15(10)22)11(14(21)16-2)9-12(19)17-6-4-3-5-7-17;1-4-3-5(8)7(2)6(4)9;1-2-4-6-5-3-1;5-2(4(8)9)1-3(6)7;;/h10-11H,3-9H2,1-2H3,(H,16,21);4H,3H2,1-2H3;1-6H2;2H,1,5H2,(H,6,7)(H,8,9);2*1H4. The highest BCUT2D eigenvalue weighted by Gasteiger charge is 2.43. The Hall–Kier alpha value is -3.88. The number of hydrogen-bond acceptors (Lipinski definition) is 9. The summed E-state index contributed by atoms with van der Waals surface area (Å²) in [5, 5.41) is 18.5. The van der Waals surface area contributed by atoms with Gasteiger partial charge in [-0.2, -0.15) is 0 Å². The van der Waals surface area contributed by atoms with Crippen molar-refractivity contribution in [1.29, 1.82) is 0 Å². The van der Waals surface area contributed by atoms with Crippen LogP contribution in [0.25, 0.3) is 0 Å². The Labute approximate surface area is 284 Å². The number of carboxylic acids is 2. The lowest BCUT2D eigenvalue weighted by Crippen LogP contribution is -2.51. The second-order valence-corrected chi connectivity index (χ2v) is 12.0. The van der Waals surface area contributed by atoms with E-state index in [1.807, 2.05) is 0 Å². The van der Waals surface area contributed by atoms with Crippen molar-refractivity contribution in [3.8, 4) is 0 Å². The molecule has 3 heterocycles. The molecule has 48 heavy (non-hydrogen) atoms. The molecule has 15 heteroatoms. The van der Waals surface area contributed by atoms with Gasteiger partial charge in [-0.25, -0.2) is 0 Å². The molecule has 0 aromatic heterocycles. The fourth-order valence-corrected chi connectivity index (χ4v) is 5.32. The molecule has 3 saturated heterocycles. The highest BCUT2D eigenvalue weighted by Crippen LogP contribution is 2.24. The maximum absolute atomic E-state index is 12.4. The molecule has 1 saturated carbocycles. The SMILES string of the molecule is C.C.C1CCCCC1.CC1CC(=O)N(C)C1=O.CNC(=O)C(CC(=O)N1CCCCC1)N1C(=O)CC(C)C1=O.NC(CC(=O)O)C(=O)O. The predicted octanol–water partition coefficient (Wildman–Crippen LogP) is 2.40. The number of piperidine rings is 1. The van der Waals surface area contributed by atoms with Crippen molar-refractivity contribution in [3.63, 3.8) is 0 Å². The van der Waals surface area contributed by atoms with E-state index in [4.69, 9.17) is 15.9 Å². The molecule has 15 nitrogen and oxygen atoms in total. The average molecular weight is 686 g/mol. The van der Waals surface area contributed by atoms with Gasteiger partial charge in [0.25, 0.3) is 0 Å². The van der Waals surface area contributed by atoms with E-state index < -0.39 is 42.3 Å². The van der Waals surface area contributed by atoms with Gasteiger partial charge in [0, 0.05) is 51.9 Å². The zero-order chi connectivity index (χ0) is 35.0. The molecule has 4 rings (SSSR count). The molecule has 3 aliphatic heterocycles. The molecule has 0 aromatic carbocycles. The first kappa shape index (κ1) is 46.2. The number of rotatable bonds is 7. The number of carbonyl (C=O) groups excluding carboxylic acids is 6. The lowest BCUT2D eigenvalue weighted by Gasteiger charge is -2.30. The van der Waals surface area contributed by atoms with Gasteiger partial charge in [0.15, 0.2) is 0 Å². The third kappa shape index (κ3) is 15.3. The third-order valence-electron chi connectivity index (χ3n) is 8.16. The maximum atomic E-state index is 12.4. The first-order valence-corrected chi connectivity index (χ1v) is 16.0. The number of imide groups is 2. The Morgan fingerprint density at radius 1 is 0.771 bits per heavy atom. The van der Waals surface area contributed by atoms with Crippen molar-refractivity contribution < 1.29 is 48.6 Å². The van der Waals surface area contributed by atoms with Crippen molar-refractivity contribution >= 4 is 47.4 Å². The van der Waals surface area contributed by atoms with Crippen molar-refractivity contribution in [2.45, 2.75) is 124 Å². The zero-order valence-electron chi connectivity index (χ0n) is 27.5. The minimum Gasteiger partial charge on any atom is -0.481 e. The summed E-state index contributed by atoms with van der Waals surface area (Å²) in [6, 6.07) is -2.33. The minimum absolute atomic E-state index is 0. The van der Waals surface area contributed by atoms with Gasteiger partial charge in [-0.15, -0.1) is 0 Å². The van der Waals surface area contributed by atoms with Crippen molar-refractivity contribution in [2.24, 2.45) is 17.6 Å². The Morgan fingerprint density at radius 2 is 1.21 bits per heavy atom. The van der Waals surface area contributed by atoms with Crippen LogP contribution in [0.2, 0.25) is 0 Å². The van der Waals surface area contributed by atoms with Crippen LogP contribution >= 0.6 is 0 Å². The molecule has 4 aliphatic rings. The van der Waals surface area contributed by atoms with E-state index >= 15 is 0 Å². The second-order valence-electron chi connectivity index (χ2n) is 12.0. The molecule has 6 amide bonds. The molecule has 0 bridgehead atoms. The van der Waals surface area contributed by atoms with Gasteiger partial charge in [0.05, 0.1) is 12.8 Å². The number of carboxylic acid groups (broad SMARTS) is 2. The number of nitrogens with zero attached hydrogens (tertiary/aromatic N) is 3. The normalized spacial score (nSPS) is 21.4. The fraction of sp³-hybridized carbons (Fsp3) is 0.758. The van der Waals surface area contributed by atoms with Gasteiger partial charge in [-0.05, 0) is 19.3 Å². The van der Waals surface area contributed by atoms with Gasteiger partial charge in [0.1, 0.15) is 12.1 Å². The topological polar surface area (TPSA) is 225 Å². The van der Waals surface area contributed by atoms with Crippen molar-refractivity contribution in [2.75, 3.05) is 27.2 Å². The summed E-state index contributed by atoms with van der Waals surface area (Å²) in [4.78, 5) is 93.6. The summed E-state index contributed by atoms with van der Waals surface area (Å²) in [7, 11) is 2.96. The summed E-state index contributed by atoms with van der Waals surface area (Å²) < 4.78 is 0. The highest BCUT2D eigenvalue weighted by atomic mass is 16.4. The van der Waals surface area contributed by atoms with Crippen LogP contribution in [0, 0.1) is 11.8 Å². The minimum atomic E-state index is -1.29. The Morgan fingerprint density at radius 3 is 1.50 bits per heavy atom. The number of aliphatic carboxylic acids is 2. The Kier molecular flexibility index (Phi) is 22.6. The lowest BCUT2D eigenvalue weighted by molar-refractivity contribution is -0.149. The number of likely N-dealkylation sites (tertiary alicyclic amines) is 3. The van der Waals surface area contributed by atoms with Gasteiger partial charge in [-0.1, -0.05) is 67.2 Å². The predicted molar refractivity (Wildman–Crippen MR) is 179 cm³/mol. The zero-order valence-corrected chi connectivity index (χ0v) is 27.5. The summed E-state index contributed by atoms with van der Waals surface area (Å²) in [6.45, 7) is 4.78. The van der Waals surface area contributed by atoms with Crippen LogP contribution < -0.4 is 11.1 Å². The summed E-state index contributed by atoms with van der Waals surface area (Å²) >= 11 is 0. The van der Waals surface area contributed by atoms with Crippen molar-refractivity contribution in [1.82, 2.24) is 20.0 Å². The van der Waals surface area contributed by atoms with Crippen LogP contribution in [0.3, 0.4) is 0 Å². The summed E-state index contributed by atoms with van der Waals surface area (Å²) in [6.07, 6.45) is 11.8. The molecule has 0 spiro atoms. The Balaban J connectivity index is 0. The van der Waals surface area contributed by atoms with Crippen LogP contribution in [0.5, 0.6) is 0 Å². The number of likely N-dealkylation sites (N-methyl/N-ethyl adjacent to an activating group) is 1. The van der Waals surface area contributed by atoms with E-state index in [9.17, 15) is 38.4 Å². The fourth-order valence-electron chi connectivity index (χ4n) is 5.32. The summed E-state index contributed by atoms with van der Waals surface area (Å²) in [5.41, 5.74) is 4.84. The third-order valence-corrected chi connectivity index (χ3v) is 8.16. The molecule has 0 aromatic rings. The monoisotopic (exact) mass is 685 g/mol. The van der Waals surface area contributed by atoms with Crippen LogP contribution in [0.1, 0.15) is 112 Å². The largest absolute Gasteiger partial charge is 0.481 e. The molecule has 4 unspecified atom stereocenters. The highest BCUT2D eigenvalue weighted by molar-refractivity contribution is 6.07. The molecule has 5 N–H and O–H groups in total. The number of hydrogen-bond donors (Lipinski definition) is 4. The van der Waals surface area contributed by atoms with E-state index in [0.717, 1.165) is 24.2 Å². The Bertz CT molecular complexity index is 1090. The lowest BCUT2D eigenvalue weighted by atomic mass is 10.0. The van der Waals surface area contributed by atoms with E-state index in [1.165, 1.54) is 57.5 Å². The van der Waals surface area contributed by atoms with Gasteiger partial charge in [-0.3, -0.25) is 48.2 Å². The first-order chi connectivity index (χ1) is 21.6. The molecular weight excluding hydrogens is 626 g/mol.